The summed E-state index contributed by atoms with van der Waals surface area (Å²) in [5.74, 6) is 1.11. The molecule has 1 N–H and O–H groups in total. The van der Waals surface area contributed by atoms with Crippen LogP contribution in [0.25, 0.3) is 0 Å². The zero-order chi connectivity index (χ0) is 21.0. The number of hydrogen-bond acceptors (Lipinski definition) is 4. The number of halogens is 1. The SMILES string of the molecule is Cc1ccc(CC(=O)Nc2ccc(N(Cc3ccccc3Cl)S(C)(=O)=O)cc2)o1. The summed E-state index contributed by atoms with van der Waals surface area (Å²) in [6.07, 6.45) is 1.27. The molecule has 0 aliphatic carbocycles. The minimum atomic E-state index is -3.53. The first kappa shape index (κ1) is 21.0. The third kappa shape index (κ3) is 5.62. The molecular weight excluding hydrogens is 412 g/mol. The average molecular weight is 433 g/mol. The van der Waals surface area contributed by atoms with E-state index in [0.717, 1.165) is 12.0 Å². The van der Waals surface area contributed by atoms with Crippen molar-refractivity contribution in [2.45, 2.75) is 19.9 Å². The minimum Gasteiger partial charge on any atom is -0.466 e. The molecule has 29 heavy (non-hydrogen) atoms. The van der Waals surface area contributed by atoms with Crippen LogP contribution in [-0.2, 0) is 27.8 Å². The van der Waals surface area contributed by atoms with Crippen molar-refractivity contribution in [3.8, 4) is 0 Å². The molecule has 0 spiro atoms. The fourth-order valence-electron chi connectivity index (χ4n) is 2.84. The van der Waals surface area contributed by atoms with E-state index in [-0.39, 0.29) is 18.9 Å². The molecule has 2 aromatic carbocycles. The number of furan rings is 1. The van der Waals surface area contributed by atoms with Gasteiger partial charge in [-0.15, -0.1) is 0 Å². The molecule has 8 heteroatoms. The minimum absolute atomic E-state index is 0.113. The van der Waals surface area contributed by atoms with E-state index in [1.165, 1.54) is 4.31 Å². The zero-order valence-electron chi connectivity index (χ0n) is 16.1. The number of hydrogen-bond donors (Lipinski definition) is 1. The van der Waals surface area contributed by atoms with Gasteiger partial charge in [0, 0.05) is 10.7 Å². The number of carbonyl (C=O) groups excluding carboxylic acids is 1. The van der Waals surface area contributed by atoms with Crippen molar-refractivity contribution in [3.63, 3.8) is 0 Å². The molecule has 152 valence electrons. The van der Waals surface area contributed by atoms with Crippen molar-refractivity contribution in [2.75, 3.05) is 15.9 Å². The van der Waals surface area contributed by atoms with Gasteiger partial charge in [-0.25, -0.2) is 8.42 Å². The predicted molar refractivity (Wildman–Crippen MR) is 115 cm³/mol. The molecule has 0 unspecified atom stereocenters. The van der Waals surface area contributed by atoms with Gasteiger partial charge < -0.3 is 9.73 Å². The summed E-state index contributed by atoms with van der Waals surface area (Å²) < 4.78 is 31.3. The zero-order valence-corrected chi connectivity index (χ0v) is 17.6. The maximum atomic E-state index is 12.3. The quantitative estimate of drug-likeness (QED) is 0.600. The Morgan fingerprint density at radius 1 is 1.07 bits per heavy atom. The van der Waals surface area contributed by atoms with Crippen LogP contribution in [0.1, 0.15) is 17.1 Å². The molecule has 0 radical (unpaired) electrons. The standard InChI is InChI=1S/C21H21ClN2O4S/c1-15-7-12-19(28-15)13-21(25)23-17-8-10-18(11-9-17)24(29(2,26)27)14-16-5-3-4-6-20(16)22/h3-12H,13-14H2,1-2H3,(H,23,25). The largest absolute Gasteiger partial charge is 0.466 e. The highest BCUT2D eigenvalue weighted by Crippen LogP contribution is 2.25. The second kappa shape index (κ2) is 8.71. The number of anilines is 2. The van der Waals surface area contributed by atoms with E-state index in [9.17, 15) is 13.2 Å². The lowest BCUT2D eigenvalue weighted by molar-refractivity contribution is -0.115. The Hall–Kier alpha value is -2.77. The van der Waals surface area contributed by atoms with Crippen LogP contribution >= 0.6 is 11.6 Å². The molecule has 0 bridgehead atoms. The van der Waals surface area contributed by atoms with Gasteiger partial charge in [0.2, 0.25) is 15.9 Å². The molecule has 0 saturated carbocycles. The van der Waals surface area contributed by atoms with Crippen LogP contribution in [0, 0.1) is 6.92 Å². The third-order valence-corrected chi connectivity index (χ3v) is 5.75. The Morgan fingerprint density at radius 3 is 2.34 bits per heavy atom. The Kier molecular flexibility index (Phi) is 6.30. The van der Waals surface area contributed by atoms with Crippen LogP contribution in [0.4, 0.5) is 11.4 Å². The van der Waals surface area contributed by atoms with Crippen molar-refractivity contribution in [2.24, 2.45) is 0 Å². The first-order chi connectivity index (χ1) is 13.7. The first-order valence-electron chi connectivity index (χ1n) is 8.89. The van der Waals surface area contributed by atoms with Crippen molar-refractivity contribution in [1.29, 1.82) is 0 Å². The van der Waals surface area contributed by atoms with Gasteiger partial charge in [0.1, 0.15) is 11.5 Å². The molecule has 0 fully saturated rings. The van der Waals surface area contributed by atoms with E-state index >= 15 is 0 Å². The van der Waals surface area contributed by atoms with Crippen LogP contribution in [0.2, 0.25) is 5.02 Å². The van der Waals surface area contributed by atoms with Crippen LogP contribution in [0.15, 0.2) is 65.1 Å². The highest BCUT2D eigenvalue weighted by molar-refractivity contribution is 7.92. The summed E-state index contributed by atoms with van der Waals surface area (Å²) in [5, 5.41) is 3.27. The molecular formula is C21H21ClN2O4S. The van der Waals surface area contributed by atoms with E-state index in [1.807, 2.05) is 6.92 Å². The van der Waals surface area contributed by atoms with Crippen molar-refractivity contribution in [1.82, 2.24) is 0 Å². The normalized spacial score (nSPS) is 11.3. The maximum Gasteiger partial charge on any atom is 0.232 e. The van der Waals surface area contributed by atoms with Gasteiger partial charge in [0.05, 0.1) is 24.9 Å². The number of benzene rings is 2. The molecule has 1 amide bonds. The summed E-state index contributed by atoms with van der Waals surface area (Å²) in [6, 6.07) is 17.3. The topological polar surface area (TPSA) is 79.6 Å². The first-order valence-corrected chi connectivity index (χ1v) is 11.1. The number of aryl methyl sites for hydroxylation is 1. The molecule has 0 aliphatic rings. The second-order valence-electron chi connectivity index (χ2n) is 6.65. The molecule has 1 heterocycles. The number of carbonyl (C=O) groups is 1. The van der Waals surface area contributed by atoms with E-state index in [0.29, 0.717) is 27.7 Å². The Labute approximate surface area is 175 Å². The highest BCUT2D eigenvalue weighted by Gasteiger charge is 2.19. The molecule has 3 aromatic rings. The van der Waals surface area contributed by atoms with Gasteiger partial charge in [-0.1, -0.05) is 29.8 Å². The van der Waals surface area contributed by atoms with Crippen LogP contribution in [0.5, 0.6) is 0 Å². The molecule has 0 aliphatic heterocycles. The average Bonchev–Trinajstić information content (AvgIpc) is 3.05. The number of nitrogens with zero attached hydrogens (tertiary/aromatic N) is 1. The van der Waals surface area contributed by atoms with Crippen molar-refractivity contribution >= 4 is 38.9 Å². The molecule has 0 saturated heterocycles. The second-order valence-corrected chi connectivity index (χ2v) is 8.96. The van der Waals surface area contributed by atoms with Crippen molar-refractivity contribution in [3.05, 3.63) is 82.8 Å². The Balaban J connectivity index is 1.73. The van der Waals surface area contributed by atoms with Crippen LogP contribution < -0.4 is 9.62 Å². The number of amides is 1. The fourth-order valence-corrected chi connectivity index (χ4v) is 3.91. The molecule has 0 atom stereocenters. The lowest BCUT2D eigenvalue weighted by Gasteiger charge is -2.23. The molecule has 3 rings (SSSR count). The molecule has 6 nitrogen and oxygen atoms in total. The lowest BCUT2D eigenvalue weighted by atomic mass is 10.2. The number of rotatable bonds is 7. The van der Waals surface area contributed by atoms with E-state index in [2.05, 4.69) is 5.32 Å². The van der Waals surface area contributed by atoms with E-state index in [1.54, 1.807) is 60.7 Å². The van der Waals surface area contributed by atoms with Crippen LogP contribution in [0.3, 0.4) is 0 Å². The smallest absolute Gasteiger partial charge is 0.232 e. The predicted octanol–water partition coefficient (Wildman–Crippen LogP) is 4.39. The monoisotopic (exact) mass is 432 g/mol. The van der Waals surface area contributed by atoms with Crippen LogP contribution in [-0.4, -0.2) is 20.6 Å². The lowest BCUT2D eigenvalue weighted by Crippen LogP contribution is -2.29. The van der Waals surface area contributed by atoms with E-state index < -0.39 is 10.0 Å². The summed E-state index contributed by atoms with van der Waals surface area (Å²) in [7, 11) is -3.53. The Morgan fingerprint density at radius 2 is 1.76 bits per heavy atom. The van der Waals surface area contributed by atoms with Gasteiger partial charge in [0.25, 0.3) is 0 Å². The van der Waals surface area contributed by atoms with Crippen molar-refractivity contribution < 1.29 is 17.6 Å². The van der Waals surface area contributed by atoms with Gasteiger partial charge in [-0.3, -0.25) is 9.10 Å². The maximum absolute atomic E-state index is 12.3. The summed E-state index contributed by atoms with van der Waals surface area (Å²) in [6.45, 7) is 1.93. The van der Waals surface area contributed by atoms with Gasteiger partial charge in [-0.05, 0) is 55.0 Å². The summed E-state index contributed by atoms with van der Waals surface area (Å²) in [4.78, 5) is 12.2. The Bertz CT molecular complexity index is 1110. The number of sulfonamides is 1. The molecule has 1 aromatic heterocycles. The van der Waals surface area contributed by atoms with Gasteiger partial charge in [0.15, 0.2) is 0 Å². The van der Waals surface area contributed by atoms with Gasteiger partial charge >= 0.3 is 0 Å². The summed E-state index contributed by atoms with van der Waals surface area (Å²) >= 11 is 6.18. The third-order valence-electron chi connectivity index (χ3n) is 4.24. The van der Waals surface area contributed by atoms with E-state index in [4.69, 9.17) is 16.0 Å². The summed E-state index contributed by atoms with van der Waals surface area (Å²) in [5.41, 5.74) is 1.74. The highest BCUT2D eigenvalue weighted by atomic mass is 35.5. The fraction of sp³-hybridized carbons (Fsp3) is 0.190. The van der Waals surface area contributed by atoms with Gasteiger partial charge in [-0.2, -0.15) is 0 Å². The number of nitrogens with one attached hydrogen (secondary N) is 1.